The van der Waals surface area contributed by atoms with Crippen molar-refractivity contribution in [2.24, 2.45) is 17.8 Å². The Bertz CT molecular complexity index is 1740. The number of fused-ring (bicyclic) bond motifs is 1. The molecule has 0 spiro atoms. The van der Waals surface area contributed by atoms with Gasteiger partial charge in [-0.05, 0) is 89.9 Å². The summed E-state index contributed by atoms with van der Waals surface area (Å²) in [7, 11) is -3.70. The van der Waals surface area contributed by atoms with Crippen LogP contribution in [0.2, 0.25) is 0 Å². The Morgan fingerprint density at radius 2 is 1.64 bits per heavy atom. The van der Waals surface area contributed by atoms with E-state index in [9.17, 15) is 13.2 Å². The summed E-state index contributed by atoms with van der Waals surface area (Å²) in [4.78, 5) is 17.0. The van der Waals surface area contributed by atoms with E-state index in [1.165, 1.54) is 26.6 Å². The minimum Gasteiger partial charge on any atom is -0.457 e. The normalized spacial score (nSPS) is 21.3. The van der Waals surface area contributed by atoms with Crippen molar-refractivity contribution in [2.45, 2.75) is 4.90 Å². The summed E-state index contributed by atoms with van der Waals surface area (Å²) in [6.07, 6.45) is -0.594. The molecule has 1 amide bonds. The van der Waals surface area contributed by atoms with Crippen molar-refractivity contribution in [2.75, 3.05) is 55.7 Å². The van der Waals surface area contributed by atoms with Gasteiger partial charge in [-0.25, -0.2) is 17.6 Å². The fraction of sp³-hybridized carbons (Fsp3) is 0.303. The highest BCUT2D eigenvalue weighted by Gasteiger charge is 2.58. The molecule has 9 nitrogen and oxygen atoms in total. The highest BCUT2D eigenvalue weighted by atomic mass is 32.2. The number of piperidine rings is 1. The molecule has 3 heterocycles. The third-order valence-corrected chi connectivity index (χ3v) is 11.3. The van der Waals surface area contributed by atoms with Crippen molar-refractivity contribution in [1.29, 1.82) is 0 Å². The number of rotatable bonds is 9. The monoisotopic (exact) mass is 649 g/mol. The maximum Gasteiger partial charge on any atom is 0.420 e. The summed E-state index contributed by atoms with van der Waals surface area (Å²) in [5.74, 6) is 1.05. The van der Waals surface area contributed by atoms with Crippen molar-refractivity contribution >= 4 is 38.8 Å². The largest absolute Gasteiger partial charge is 0.457 e. The lowest BCUT2D eigenvalue weighted by atomic mass is 10.2. The van der Waals surface area contributed by atoms with Gasteiger partial charge in [0.15, 0.2) is 5.06 Å². The van der Waals surface area contributed by atoms with Crippen LogP contribution < -0.4 is 19.3 Å². The summed E-state index contributed by atoms with van der Waals surface area (Å²) in [5, 5.41) is 2.26. The van der Waals surface area contributed by atoms with Crippen LogP contribution in [0.5, 0.6) is 16.6 Å². The number of morpholine rings is 1. The van der Waals surface area contributed by atoms with Crippen LogP contribution in [0.1, 0.15) is 0 Å². The number of thiophene rings is 1. The molecule has 2 atom stereocenters. The van der Waals surface area contributed by atoms with Crippen molar-refractivity contribution in [3.63, 3.8) is 0 Å². The van der Waals surface area contributed by atoms with Crippen LogP contribution in [0.3, 0.4) is 0 Å². The zero-order chi connectivity index (χ0) is 31.0. The number of amides is 1. The van der Waals surface area contributed by atoms with Crippen LogP contribution in [-0.2, 0) is 14.8 Å². The first-order valence-electron chi connectivity index (χ1n) is 14.8. The Labute approximate surface area is 265 Å². The van der Waals surface area contributed by atoms with Gasteiger partial charge in [-0.15, -0.1) is 11.3 Å². The Balaban J connectivity index is 1.03. The summed E-state index contributed by atoms with van der Waals surface area (Å²) in [5.41, 5.74) is 0.871. The molecular formula is C33H32FN3O6S2. The molecule has 0 bridgehead atoms. The zero-order valence-corrected chi connectivity index (χ0v) is 26.0. The molecule has 2 saturated heterocycles. The summed E-state index contributed by atoms with van der Waals surface area (Å²) < 4.78 is 60.6. The Hall–Kier alpha value is -3.97. The van der Waals surface area contributed by atoms with Gasteiger partial charge in [-0.1, -0.05) is 18.2 Å². The van der Waals surface area contributed by atoms with Gasteiger partial charge in [0.05, 0.1) is 29.5 Å². The lowest BCUT2D eigenvalue weighted by Crippen LogP contribution is -2.38. The smallest absolute Gasteiger partial charge is 0.420 e. The molecule has 1 aliphatic carbocycles. The summed E-state index contributed by atoms with van der Waals surface area (Å²) in [6.45, 7) is 3.27. The zero-order valence-electron chi connectivity index (χ0n) is 24.3. The summed E-state index contributed by atoms with van der Waals surface area (Å²) >= 11 is 1.30. The average Bonchev–Trinajstić information content (AvgIpc) is 3.39. The van der Waals surface area contributed by atoms with E-state index in [1.807, 2.05) is 40.6 Å². The van der Waals surface area contributed by atoms with E-state index in [0.29, 0.717) is 73.9 Å². The van der Waals surface area contributed by atoms with Crippen LogP contribution in [0.15, 0.2) is 95.2 Å². The van der Waals surface area contributed by atoms with Crippen molar-refractivity contribution < 1.29 is 31.8 Å². The van der Waals surface area contributed by atoms with Gasteiger partial charge < -0.3 is 19.1 Å². The SMILES string of the molecule is O=C(Oc1cccs1)N(CC1C2CN(S(=O)(=O)c3ccc(Oc4ccccc4)cc3)CC12)c1ccc(N2CCOCC2)c(F)c1. The number of halogens is 1. The van der Waals surface area contributed by atoms with Gasteiger partial charge in [0.1, 0.15) is 17.3 Å². The Morgan fingerprint density at radius 3 is 2.31 bits per heavy atom. The van der Waals surface area contributed by atoms with Crippen molar-refractivity contribution in [1.82, 2.24) is 4.31 Å². The number of anilines is 2. The van der Waals surface area contributed by atoms with Crippen molar-refractivity contribution in [3.8, 4) is 16.6 Å². The van der Waals surface area contributed by atoms with E-state index in [2.05, 4.69) is 0 Å². The first kappa shape index (κ1) is 29.7. The Kier molecular flexibility index (Phi) is 8.21. The van der Waals surface area contributed by atoms with Gasteiger partial charge in [0.2, 0.25) is 10.0 Å². The van der Waals surface area contributed by atoms with Crippen LogP contribution in [0.4, 0.5) is 20.6 Å². The molecule has 0 N–H and O–H groups in total. The van der Waals surface area contributed by atoms with E-state index in [4.69, 9.17) is 14.2 Å². The van der Waals surface area contributed by atoms with Crippen LogP contribution in [0.25, 0.3) is 0 Å². The van der Waals surface area contributed by atoms with E-state index in [0.717, 1.165) is 0 Å². The maximum absolute atomic E-state index is 15.4. The predicted molar refractivity (Wildman–Crippen MR) is 169 cm³/mol. The second-order valence-electron chi connectivity index (χ2n) is 11.3. The highest BCUT2D eigenvalue weighted by molar-refractivity contribution is 7.89. The van der Waals surface area contributed by atoms with Gasteiger partial charge >= 0.3 is 6.09 Å². The molecule has 12 heteroatoms. The van der Waals surface area contributed by atoms with E-state index >= 15 is 4.39 Å². The third-order valence-electron chi connectivity index (χ3n) is 8.67. The molecule has 3 fully saturated rings. The number of ether oxygens (including phenoxy) is 3. The first-order chi connectivity index (χ1) is 21.9. The number of carbonyl (C=O) groups excluding carboxylic acids is 1. The molecule has 4 aromatic rings. The molecule has 7 rings (SSSR count). The molecule has 0 radical (unpaired) electrons. The fourth-order valence-electron chi connectivity index (χ4n) is 6.21. The van der Waals surface area contributed by atoms with E-state index in [-0.39, 0.29) is 22.6 Å². The standard InChI is InChI=1S/C33H32FN3O6S2/c34-30-19-23(8-13-31(30)35-14-16-41-17-15-35)37(33(38)43-32-7-4-18-44-32)22-29-27-20-36(21-28(27)29)45(39,40)26-11-9-25(10-12-26)42-24-5-2-1-3-6-24/h1-13,18-19,27-29H,14-17,20-22H2. The highest BCUT2D eigenvalue weighted by Crippen LogP contribution is 2.53. The topological polar surface area (TPSA) is 88.6 Å². The minimum absolute atomic E-state index is 0.0657. The molecule has 2 aliphatic heterocycles. The average molecular weight is 650 g/mol. The molecular weight excluding hydrogens is 618 g/mol. The minimum atomic E-state index is -3.70. The molecule has 45 heavy (non-hydrogen) atoms. The molecule has 234 valence electrons. The van der Waals surface area contributed by atoms with Gasteiger partial charge in [-0.2, -0.15) is 4.31 Å². The Morgan fingerprint density at radius 1 is 0.933 bits per heavy atom. The second-order valence-corrected chi connectivity index (χ2v) is 14.2. The van der Waals surface area contributed by atoms with E-state index < -0.39 is 21.9 Å². The molecule has 2 unspecified atom stereocenters. The second kappa shape index (κ2) is 12.4. The number of nitrogens with zero attached hydrogens (tertiary/aromatic N) is 3. The molecule has 1 saturated carbocycles. The number of benzene rings is 3. The third kappa shape index (κ3) is 6.28. The van der Waals surface area contributed by atoms with Gasteiger partial charge in [0.25, 0.3) is 0 Å². The van der Waals surface area contributed by atoms with Gasteiger partial charge in [0, 0.05) is 32.7 Å². The van der Waals surface area contributed by atoms with Crippen LogP contribution >= 0.6 is 11.3 Å². The summed E-state index contributed by atoms with van der Waals surface area (Å²) in [6, 6.07) is 24.0. The van der Waals surface area contributed by atoms with Gasteiger partial charge in [-0.3, -0.25) is 4.90 Å². The lowest BCUT2D eigenvalue weighted by molar-refractivity contribution is 0.122. The molecule has 3 aliphatic rings. The lowest BCUT2D eigenvalue weighted by Gasteiger charge is -2.30. The van der Waals surface area contributed by atoms with Crippen LogP contribution in [-0.4, -0.2) is 64.8 Å². The number of hydrogen-bond donors (Lipinski definition) is 0. The van der Waals surface area contributed by atoms with E-state index in [1.54, 1.807) is 48.5 Å². The quantitative estimate of drug-likeness (QED) is 0.217. The number of hydrogen-bond acceptors (Lipinski definition) is 8. The predicted octanol–water partition coefficient (Wildman–Crippen LogP) is 6.09. The number of sulfonamides is 1. The van der Waals surface area contributed by atoms with Crippen LogP contribution in [0, 0.1) is 23.6 Å². The first-order valence-corrected chi connectivity index (χ1v) is 17.2. The fourth-order valence-corrected chi connectivity index (χ4v) is 8.30. The number of para-hydroxylation sites is 1. The molecule has 3 aromatic carbocycles. The van der Waals surface area contributed by atoms with Crippen molar-refractivity contribution in [3.05, 3.63) is 96.1 Å². The number of carbonyl (C=O) groups is 1. The molecule has 1 aromatic heterocycles. The maximum atomic E-state index is 15.4.